The largest absolute Gasteiger partial charge is 0.367 e. The normalized spacial score (nSPS) is 16.3. The minimum Gasteiger partial charge on any atom is -0.367 e. The fourth-order valence-corrected chi connectivity index (χ4v) is 2.31. The van der Waals surface area contributed by atoms with Crippen molar-refractivity contribution in [3.8, 4) is 6.07 Å². The summed E-state index contributed by atoms with van der Waals surface area (Å²) in [6.07, 6.45) is 4.21. The van der Waals surface area contributed by atoms with Crippen LogP contribution in [0.4, 0.5) is 5.82 Å². The van der Waals surface area contributed by atoms with Crippen LogP contribution in [0.15, 0.2) is 36.7 Å². The molecule has 1 unspecified atom stereocenters. The molecule has 4 nitrogen and oxygen atoms in total. The van der Waals surface area contributed by atoms with Gasteiger partial charge >= 0.3 is 0 Å². The van der Waals surface area contributed by atoms with E-state index < -0.39 is 0 Å². The molecule has 4 heteroatoms. The molecule has 1 aliphatic carbocycles. The molecule has 2 aromatic rings. The summed E-state index contributed by atoms with van der Waals surface area (Å²) in [6, 6.07) is 10.5. The van der Waals surface area contributed by atoms with Crippen LogP contribution in [0.25, 0.3) is 0 Å². The highest BCUT2D eigenvalue weighted by atomic mass is 15.0. The van der Waals surface area contributed by atoms with Gasteiger partial charge in [0.15, 0.2) is 11.5 Å². The van der Waals surface area contributed by atoms with Gasteiger partial charge in [-0.15, -0.1) is 0 Å². The molecule has 3 rings (SSSR count). The predicted octanol–water partition coefficient (Wildman–Crippen LogP) is 2.10. The molecular weight excluding hydrogens is 224 g/mol. The Morgan fingerprint density at radius 2 is 2.11 bits per heavy atom. The zero-order valence-corrected chi connectivity index (χ0v) is 9.80. The van der Waals surface area contributed by atoms with E-state index in [1.54, 1.807) is 6.20 Å². The summed E-state index contributed by atoms with van der Waals surface area (Å²) < 4.78 is 0. The van der Waals surface area contributed by atoms with Crippen molar-refractivity contribution in [3.05, 3.63) is 53.5 Å². The summed E-state index contributed by atoms with van der Waals surface area (Å²) in [4.78, 5) is 8.12. The van der Waals surface area contributed by atoms with Gasteiger partial charge in [0, 0.05) is 24.9 Å². The first-order valence-corrected chi connectivity index (χ1v) is 5.91. The number of anilines is 1. The lowest BCUT2D eigenvalue weighted by atomic mass is 9.77. The molecule has 0 saturated carbocycles. The molecule has 1 atom stereocenters. The van der Waals surface area contributed by atoms with Crippen LogP contribution in [-0.2, 0) is 6.42 Å². The van der Waals surface area contributed by atoms with Crippen LogP contribution in [-0.4, -0.2) is 16.5 Å². The maximum absolute atomic E-state index is 8.92. The van der Waals surface area contributed by atoms with Crippen molar-refractivity contribution < 1.29 is 0 Å². The van der Waals surface area contributed by atoms with E-state index >= 15 is 0 Å². The van der Waals surface area contributed by atoms with Crippen LogP contribution in [0.1, 0.15) is 22.7 Å². The highest BCUT2D eigenvalue weighted by Crippen LogP contribution is 2.34. The molecule has 88 valence electrons. The van der Waals surface area contributed by atoms with Gasteiger partial charge in [0.05, 0.1) is 0 Å². The summed E-state index contributed by atoms with van der Waals surface area (Å²) in [5.41, 5.74) is 3.17. The highest BCUT2D eigenvalue weighted by molar-refractivity contribution is 5.48. The van der Waals surface area contributed by atoms with Crippen molar-refractivity contribution in [2.45, 2.75) is 12.3 Å². The summed E-state index contributed by atoms with van der Waals surface area (Å²) in [5, 5.41) is 12.1. The van der Waals surface area contributed by atoms with Gasteiger partial charge in [0.1, 0.15) is 6.07 Å². The Morgan fingerprint density at radius 3 is 2.94 bits per heavy atom. The molecule has 0 saturated heterocycles. The summed E-state index contributed by atoms with van der Waals surface area (Å²) in [7, 11) is 0. The van der Waals surface area contributed by atoms with Crippen molar-refractivity contribution in [2.75, 3.05) is 11.9 Å². The van der Waals surface area contributed by atoms with E-state index in [0.29, 0.717) is 17.4 Å². The Bertz CT molecular complexity index is 615. The van der Waals surface area contributed by atoms with Crippen LogP contribution < -0.4 is 5.32 Å². The molecule has 18 heavy (non-hydrogen) atoms. The SMILES string of the molecule is N#Cc1nccnc1NCC1Cc2ccccc21. The number of nitrogens with one attached hydrogen (secondary N) is 1. The summed E-state index contributed by atoms with van der Waals surface area (Å²) in [5.74, 6) is 1.08. The Balaban J connectivity index is 1.69. The number of rotatable bonds is 3. The topological polar surface area (TPSA) is 61.6 Å². The standard InChI is InChI=1S/C14H12N4/c15-8-13-14(17-6-5-16-13)18-9-11-7-10-3-1-2-4-12(10)11/h1-6,11H,7,9H2,(H,17,18). The molecule has 1 aliphatic rings. The lowest BCUT2D eigenvalue weighted by Crippen LogP contribution is -2.24. The zero-order valence-electron chi connectivity index (χ0n) is 9.80. The van der Waals surface area contributed by atoms with Gasteiger partial charge < -0.3 is 5.32 Å². The molecule has 1 heterocycles. The molecule has 1 aromatic heterocycles. The predicted molar refractivity (Wildman–Crippen MR) is 68.1 cm³/mol. The van der Waals surface area contributed by atoms with Gasteiger partial charge in [-0.1, -0.05) is 24.3 Å². The van der Waals surface area contributed by atoms with Crippen LogP contribution in [0.2, 0.25) is 0 Å². The lowest BCUT2D eigenvalue weighted by Gasteiger charge is -2.30. The average Bonchev–Trinajstić information content (AvgIpc) is 2.40. The maximum Gasteiger partial charge on any atom is 0.182 e. The fourth-order valence-electron chi connectivity index (χ4n) is 2.31. The zero-order chi connectivity index (χ0) is 12.4. The van der Waals surface area contributed by atoms with Crippen molar-refractivity contribution in [1.29, 1.82) is 5.26 Å². The van der Waals surface area contributed by atoms with Crippen molar-refractivity contribution >= 4 is 5.82 Å². The van der Waals surface area contributed by atoms with E-state index in [2.05, 4.69) is 39.6 Å². The van der Waals surface area contributed by atoms with Crippen molar-refractivity contribution in [3.63, 3.8) is 0 Å². The number of fused-ring (bicyclic) bond motifs is 1. The third-order valence-electron chi connectivity index (χ3n) is 3.28. The smallest absolute Gasteiger partial charge is 0.182 e. The van der Waals surface area contributed by atoms with Crippen LogP contribution in [0.3, 0.4) is 0 Å². The second-order valence-electron chi connectivity index (χ2n) is 4.35. The lowest BCUT2D eigenvalue weighted by molar-refractivity contribution is 0.634. The van der Waals surface area contributed by atoms with Crippen molar-refractivity contribution in [2.24, 2.45) is 0 Å². The first-order chi connectivity index (χ1) is 8.88. The van der Waals surface area contributed by atoms with E-state index in [0.717, 1.165) is 13.0 Å². The van der Waals surface area contributed by atoms with E-state index in [1.165, 1.54) is 17.3 Å². The van der Waals surface area contributed by atoms with E-state index in [-0.39, 0.29) is 0 Å². The minimum atomic E-state index is 0.352. The van der Waals surface area contributed by atoms with Gasteiger partial charge in [-0.25, -0.2) is 9.97 Å². The molecule has 0 amide bonds. The second-order valence-corrected chi connectivity index (χ2v) is 4.35. The third kappa shape index (κ3) is 1.80. The highest BCUT2D eigenvalue weighted by Gasteiger charge is 2.25. The average molecular weight is 236 g/mol. The Labute approximate surface area is 105 Å². The second kappa shape index (κ2) is 4.46. The number of nitriles is 1. The molecule has 0 fully saturated rings. The number of benzene rings is 1. The van der Waals surface area contributed by atoms with Gasteiger partial charge in [-0.2, -0.15) is 5.26 Å². The number of hydrogen-bond acceptors (Lipinski definition) is 4. The molecular formula is C14H12N4. The van der Waals surface area contributed by atoms with Gasteiger partial charge in [-0.3, -0.25) is 0 Å². The number of hydrogen-bond donors (Lipinski definition) is 1. The van der Waals surface area contributed by atoms with E-state index in [9.17, 15) is 0 Å². The summed E-state index contributed by atoms with van der Waals surface area (Å²) in [6.45, 7) is 0.796. The van der Waals surface area contributed by atoms with Crippen LogP contribution in [0, 0.1) is 11.3 Å². The monoisotopic (exact) mass is 236 g/mol. The quantitative estimate of drug-likeness (QED) is 0.886. The van der Waals surface area contributed by atoms with Gasteiger partial charge in [0.2, 0.25) is 0 Å². The van der Waals surface area contributed by atoms with Gasteiger partial charge in [-0.05, 0) is 17.5 Å². The molecule has 0 spiro atoms. The molecule has 0 radical (unpaired) electrons. The summed E-state index contributed by atoms with van der Waals surface area (Å²) >= 11 is 0. The van der Waals surface area contributed by atoms with E-state index in [4.69, 9.17) is 5.26 Å². The number of aromatic nitrogens is 2. The van der Waals surface area contributed by atoms with Gasteiger partial charge in [0.25, 0.3) is 0 Å². The molecule has 1 N–H and O–H groups in total. The molecule has 1 aromatic carbocycles. The Hall–Kier alpha value is -2.41. The van der Waals surface area contributed by atoms with E-state index in [1.807, 2.05) is 6.07 Å². The first-order valence-electron chi connectivity index (χ1n) is 5.91. The van der Waals surface area contributed by atoms with Crippen molar-refractivity contribution in [1.82, 2.24) is 9.97 Å². The first kappa shape index (κ1) is 10.7. The van der Waals surface area contributed by atoms with Crippen LogP contribution in [0.5, 0.6) is 0 Å². The van der Waals surface area contributed by atoms with Crippen LogP contribution >= 0.6 is 0 Å². The minimum absolute atomic E-state index is 0.352. The molecule has 0 bridgehead atoms. The Morgan fingerprint density at radius 1 is 1.28 bits per heavy atom. The molecule has 0 aliphatic heterocycles. The maximum atomic E-state index is 8.92. The Kier molecular flexibility index (Phi) is 2.66. The fraction of sp³-hybridized carbons (Fsp3) is 0.214. The third-order valence-corrected chi connectivity index (χ3v) is 3.28. The number of nitrogens with zero attached hydrogens (tertiary/aromatic N) is 3.